The van der Waals surface area contributed by atoms with Gasteiger partial charge in [-0.3, -0.25) is 0 Å². The Hall–Kier alpha value is -2.80. The van der Waals surface area contributed by atoms with Crippen LogP contribution in [0, 0.1) is 0 Å². The molecular weight excluding hydrogens is 326 g/mol. The van der Waals surface area contributed by atoms with Crippen molar-refractivity contribution in [3.05, 3.63) is 49.1 Å². The molecule has 5 rings (SSSR count). The summed E-state index contributed by atoms with van der Waals surface area (Å²) in [5, 5.41) is 4.80. The van der Waals surface area contributed by atoms with Crippen LogP contribution in [0.25, 0.3) is 22.1 Å². The predicted octanol–water partition coefficient (Wildman–Crippen LogP) is 2.98. The maximum Gasteiger partial charge on any atom is 0.139 e. The minimum atomic E-state index is 0.499. The number of nitrogens with one attached hydrogen (secondary N) is 2. The second-order valence-corrected chi connectivity index (χ2v) is 7.02. The van der Waals surface area contributed by atoms with Gasteiger partial charge in [-0.25, -0.2) is 19.9 Å². The van der Waals surface area contributed by atoms with Crippen LogP contribution in [0.5, 0.6) is 0 Å². The van der Waals surface area contributed by atoms with Gasteiger partial charge in [-0.1, -0.05) is 0 Å². The van der Waals surface area contributed by atoms with Gasteiger partial charge in [0.05, 0.1) is 18.0 Å². The first-order valence-electron chi connectivity index (χ1n) is 9.14. The molecule has 4 aromatic heterocycles. The largest absolute Gasteiger partial charge is 0.346 e. The first-order valence-corrected chi connectivity index (χ1v) is 9.14. The number of rotatable bonds is 4. The van der Waals surface area contributed by atoms with Crippen molar-refractivity contribution in [1.82, 2.24) is 34.8 Å². The Balaban J connectivity index is 1.30. The molecule has 0 unspecified atom stereocenters. The van der Waals surface area contributed by atoms with E-state index in [1.165, 1.54) is 18.4 Å². The highest BCUT2D eigenvalue weighted by molar-refractivity contribution is 6.00. The quantitative estimate of drug-likeness (QED) is 0.593. The molecule has 0 aliphatic heterocycles. The van der Waals surface area contributed by atoms with Crippen molar-refractivity contribution in [2.75, 3.05) is 0 Å². The lowest BCUT2D eigenvalue weighted by Gasteiger charge is -2.30. The van der Waals surface area contributed by atoms with Gasteiger partial charge in [-0.05, 0) is 31.7 Å². The zero-order valence-electron chi connectivity index (χ0n) is 14.5. The van der Waals surface area contributed by atoms with E-state index < -0.39 is 0 Å². The predicted molar refractivity (Wildman–Crippen MR) is 99.5 cm³/mol. The van der Waals surface area contributed by atoms with Gasteiger partial charge in [0.2, 0.25) is 0 Å². The number of imidazole rings is 1. The molecule has 132 valence electrons. The lowest BCUT2D eigenvalue weighted by Crippen LogP contribution is -2.33. The van der Waals surface area contributed by atoms with Crippen LogP contribution < -0.4 is 5.32 Å². The molecule has 4 aromatic rings. The van der Waals surface area contributed by atoms with E-state index in [0.717, 1.165) is 41.5 Å². The van der Waals surface area contributed by atoms with Crippen molar-refractivity contribution in [3.63, 3.8) is 0 Å². The van der Waals surface area contributed by atoms with Crippen LogP contribution in [-0.4, -0.2) is 35.5 Å². The van der Waals surface area contributed by atoms with Gasteiger partial charge in [0.1, 0.15) is 17.5 Å². The van der Waals surface area contributed by atoms with E-state index in [1.54, 1.807) is 6.33 Å². The Kier molecular flexibility index (Phi) is 3.86. The number of aromatic nitrogens is 6. The van der Waals surface area contributed by atoms with Gasteiger partial charge in [-0.15, -0.1) is 0 Å². The van der Waals surface area contributed by atoms with Gasteiger partial charge in [0.15, 0.2) is 0 Å². The number of nitrogens with zero attached hydrogens (tertiary/aromatic N) is 5. The number of hydrogen-bond acceptors (Lipinski definition) is 5. The molecule has 0 amide bonds. The highest BCUT2D eigenvalue weighted by atomic mass is 15.1. The summed E-state index contributed by atoms with van der Waals surface area (Å²) in [6, 6.07) is 3.15. The molecule has 0 saturated heterocycles. The Morgan fingerprint density at radius 3 is 2.77 bits per heavy atom. The van der Waals surface area contributed by atoms with Crippen LogP contribution in [-0.2, 0) is 6.54 Å². The number of aromatic amines is 1. The Labute approximate surface area is 150 Å². The Morgan fingerprint density at radius 1 is 1.08 bits per heavy atom. The average molecular weight is 347 g/mol. The van der Waals surface area contributed by atoms with Crippen LogP contribution in [0.2, 0.25) is 0 Å². The van der Waals surface area contributed by atoms with Crippen LogP contribution in [0.1, 0.15) is 37.3 Å². The second-order valence-electron chi connectivity index (χ2n) is 7.02. The first kappa shape index (κ1) is 15.5. The lowest BCUT2D eigenvalue weighted by atomic mass is 9.90. The highest BCUT2D eigenvalue weighted by Gasteiger charge is 2.24. The number of hydrogen-bond donors (Lipinski definition) is 2. The van der Waals surface area contributed by atoms with Crippen LogP contribution in [0.15, 0.2) is 43.5 Å². The van der Waals surface area contributed by atoms with Crippen molar-refractivity contribution in [1.29, 1.82) is 0 Å². The van der Waals surface area contributed by atoms with E-state index in [1.807, 2.05) is 31.1 Å². The molecule has 1 aliphatic carbocycles. The van der Waals surface area contributed by atoms with Gasteiger partial charge in [-0.2, -0.15) is 0 Å². The van der Waals surface area contributed by atoms with Crippen molar-refractivity contribution >= 4 is 22.1 Å². The molecule has 0 bridgehead atoms. The van der Waals surface area contributed by atoms with Crippen LogP contribution >= 0.6 is 0 Å². The maximum absolute atomic E-state index is 4.58. The summed E-state index contributed by atoms with van der Waals surface area (Å²) in [6.07, 6.45) is 15.8. The summed E-state index contributed by atoms with van der Waals surface area (Å²) in [7, 11) is 0. The van der Waals surface area contributed by atoms with Crippen molar-refractivity contribution < 1.29 is 0 Å². The molecular formula is C19H21N7. The van der Waals surface area contributed by atoms with E-state index in [4.69, 9.17) is 0 Å². The summed E-state index contributed by atoms with van der Waals surface area (Å²) in [4.78, 5) is 20.4. The minimum Gasteiger partial charge on any atom is -0.346 e. The third-order valence-electron chi connectivity index (χ3n) is 5.42. The fraction of sp³-hybridized carbons (Fsp3) is 0.368. The van der Waals surface area contributed by atoms with Crippen LogP contribution in [0.3, 0.4) is 0 Å². The molecule has 1 fully saturated rings. The monoisotopic (exact) mass is 347 g/mol. The zero-order chi connectivity index (χ0) is 17.3. The van der Waals surface area contributed by atoms with Crippen molar-refractivity contribution in [2.24, 2.45) is 0 Å². The summed E-state index contributed by atoms with van der Waals surface area (Å²) in [6.45, 7) is 0.833. The molecule has 26 heavy (non-hydrogen) atoms. The van der Waals surface area contributed by atoms with Gasteiger partial charge in [0, 0.05) is 48.2 Å². The van der Waals surface area contributed by atoms with E-state index in [2.05, 4.69) is 40.9 Å². The van der Waals surface area contributed by atoms with E-state index in [0.29, 0.717) is 12.1 Å². The topological polar surface area (TPSA) is 84.3 Å². The van der Waals surface area contributed by atoms with Crippen molar-refractivity contribution in [2.45, 2.75) is 44.3 Å². The summed E-state index contributed by atoms with van der Waals surface area (Å²) in [5.41, 5.74) is 4.24. The van der Waals surface area contributed by atoms with Gasteiger partial charge < -0.3 is 14.9 Å². The maximum atomic E-state index is 4.58. The normalized spacial score (nSPS) is 20.8. The SMILES string of the molecule is c1ncc(CNC2CCC(n3cnc4cnc5[nH]ccc5c43)CC2)cn1. The number of fused-ring (bicyclic) bond motifs is 3. The molecule has 0 aromatic carbocycles. The Morgan fingerprint density at radius 2 is 1.92 bits per heavy atom. The summed E-state index contributed by atoms with van der Waals surface area (Å²) in [5.74, 6) is 0. The second kappa shape index (κ2) is 6.49. The molecule has 0 atom stereocenters. The van der Waals surface area contributed by atoms with Gasteiger partial charge >= 0.3 is 0 Å². The minimum absolute atomic E-state index is 0.499. The molecule has 0 spiro atoms. The van der Waals surface area contributed by atoms with Crippen molar-refractivity contribution in [3.8, 4) is 0 Å². The molecule has 7 nitrogen and oxygen atoms in total. The molecule has 0 radical (unpaired) electrons. The van der Waals surface area contributed by atoms with Crippen LogP contribution in [0.4, 0.5) is 0 Å². The highest BCUT2D eigenvalue weighted by Crippen LogP contribution is 2.33. The molecule has 4 heterocycles. The Bertz CT molecular complexity index is 1010. The molecule has 7 heteroatoms. The zero-order valence-corrected chi connectivity index (χ0v) is 14.5. The van der Waals surface area contributed by atoms with Gasteiger partial charge in [0.25, 0.3) is 0 Å². The lowest BCUT2D eigenvalue weighted by molar-refractivity contribution is 0.294. The molecule has 1 aliphatic rings. The first-order chi connectivity index (χ1) is 12.9. The number of H-pyrrole nitrogens is 1. The van der Waals surface area contributed by atoms with E-state index in [9.17, 15) is 0 Å². The standard InChI is InChI=1S/C19H21N7/c1-3-15(4-2-14(1)23-9-13-7-20-11-21-8-13)26-12-25-17-10-24-19-16(18(17)26)5-6-22-19/h5-8,10-12,14-15,23H,1-4,9H2,(H,22,24). The number of pyridine rings is 1. The average Bonchev–Trinajstić information content (AvgIpc) is 3.34. The van der Waals surface area contributed by atoms with E-state index in [-0.39, 0.29) is 0 Å². The fourth-order valence-corrected chi connectivity index (χ4v) is 4.05. The molecule has 1 saturated carbocycles. The van der Waals surface area contributed by atoms with E-state index >= 15 is 0 Å². The summed E-state index contributed by atoms with van der Waals surface area (Å²) < 4.78 is 2.36. The molecule has 2 N–H and O–H groups in total. The smallest absolute Gasteiger partial charge is 0.139 e. The third-order valence-corrected chi connectivity index (χ3v) is 5.42. The third kappa shape index (κ3) is 2.74. The fourth-order valence-electron chi connectivity index (χ4n) is 4.05. The summed E-state index contributed by atoms with van der Waals surface area (Å²) >= 11 is 0.